The van der Waals surface area contributed by atoms with Crippen LogP contribution in [0.15, 0.2) is 21.2 Å². The van der Waals surface area contributed by atoms with Gasteiger partial charge in [0.2, 0.25) is 17.7 Å². The SMILES string of the molecule is O=C(CCc1nnc(-c2ccsc2)o1)NC1CCCC1. The Morgan fingerprint density at radius 2 is 2.25 bits per heavy atom. The summed E-state index contributed by atoms with van der Waals surface area (Å²) in [7, 11) is 0. The average molecular weight is 291 g/mol. The molecule has 1 aliphatic carbocycles. The standard InChI is InChI=1S/C14H17N3O2S/c18-12(15-11-3-1-2-4-11)5-6-13-16-17-14(19-13)10-7-8-20-9-10/h7-9,11H,1-6H2,(H,15,18). The second-order valence-corrected chi connectivity index (χ2v) is 5.84. The fourth-order valence-corrected chi connectivity index (χ4v) is 3.08. The van der Waals surface area contributed by atoms with Crippen molar-refractivity contribution >= 4 is 17.2 Å². The Balaban J connectivity index is 1.49. The molecule has 2 aromatic rings. The molecular weight excluding hydrogens is 274 g/mol. The van der Waals surface area contributed by atoms with Crippen molar-refractivity contribution < 1.29 is 9.21 Å². The van der Waals surface area contributed by atoms with Gasteiger partial charge in [-0.25, -0.2) is 0 Å². The molecule has 0 radical (unpaired) electrons. The van der Waals surface area contributed by atoms with E-state index >= 15 is 0 Å². The number of aryl methyl sites for hydroxylation is 1. The molecule has 2 heterocycles. The van der Waals surface area contributed by atoms with Crippen LogP contribution in [0.3, 0.4) is 0 Å². The minimum Gasteiger partial charge on any atom is -0.421 e. The lowest BCUT2D eigenvalue weighted by molar-refractivity contribution is -0.121. The molecule has 1 saturated carbocycles. The van der Waals surface area contributed by atoms with E-state index in [2.05, 4.69) is 15.5 Å². The molecule has 5 nitrogen and oxygen atoms in total. The van der Waals surface area contributed by atoms with Crippen molar-refractivity contribution in [3.8, 4) is 11.5 Å². The fraction of sp³-hybridized carbons (Fsp3) is 0.500. The topological polar surface area (TPSA) is 68.0 Å². The molecule has 20 heavy (non-hydrogen) atoms. The Morgan fingerprint density at radius 1 is 1.40 bits per heavy atom. The van der Waals surface area contributed by atoms with Crippen molar-refractivity contribution in [2.45, 2.75) is 44.6 Å². The lowest BCUT2D eigenvalue weighted by Gasteiger charge is -2.10. The third kappa shape index (κ3) is 3.25. The van der Waals surface area contributed by atoms with Crippen LogP contribution in [-0.2, 0) is 11.2 Å². The summed E-state index contributed by atoms with van der Waals surface area (Å²) >= 11 is 1.59. The zero-order chi connectivity index (χ0) is 13.8. The average Bonchev–Trinajstić information content (AvgIpc) is 3.18. The molecular formula is C14H17N3O2S. The second-order valence-electron chi connectivity index (χ2n) is 5.06. The quantitative estimate of drug-likeness (QED) is 0.919. The largest absolute Gasteiger partial charge is 0.421 e. The number of nitrogens with one attached hydrogen (secondary N) is 1. The number of carbonyl (C=O) groups excluding carboxylic acids is 1. The van der Waals surface area contributed by atoms with E-state index in [0.717, 1.165) is 18.4 Å². The van der Waals surface area contributed by atoms with Crippen molar-refractivity contribution in [3.05, 3.63) is 22.7 Å². The Morgan fingerprint density at radius 3 is 3.00 bits per heavy atom. The molecule has 1 aliphatic rings. The summed E-state index contributed by atoms with van der Waals surface area (Å²) in [6.45, 7) is 0. The molecule has 0 aromatic carbocycles. The van der Waals surface area contributed by atoms with E-state index in [-0.39, 0.29) is 5.91 Å². The summed E-state index contributed by atoms with van der Waals surface area (Å²) in [4.78, 5) is 11.8. The van der Waals surface area contributed by atoms with Gasteiger partial charge in [-0.05, 0) is 24.3 Å². The van der Waals surface area contributed by atoms with E-state index in [1.54, 1.807) is 11.3 Å². The maximum absolute atomic E-state index is 11.8. The molecule has 1 fully saturated rings. The first-order chi connectivity index (χ1) is 9.81. The Hall–Kier alpha value is -1.69. The predicted octanol–water partition coefficient (Wildman–Crippen LogP) is 2.79. The molecule has 2 aromatic heterocycles. The zero-order valence-electron chi connectivity index (χ0n) is 11.2. The molecule has 0 unspecified atom stereocenters. The summed E-state index contributed by atoms with van der Waals surface area (Å²) in [5, 5.41) is 15.0. The molecule has 106 valence electrons. The van der Waals surface area contributed by atoms with Gasteiger partial charge >= 0.3 is 0 Å². The summed E-state index contributed by atoms with van der Waals surface area (Å²) in [5.41, 5.74) is 0.934. The second kappa shape index (κ2) is 6.17. The smallest absolute Gasteiger partial charge is 0.248 e. The maximum atomic E-state index is 11.8. The number of aromatic nitrogens is 2. The van der Waals surface area contributed by atoms with Crippen LogP contribution < -0.4 is 5.32 Å². The lowest BCUT2D eigenvalue weighted by Crippen LogP contribution is -2.32. The van der Waals surface area contributed by atoms with Gasteiger partial charge in [0.25, 0.3) is 0 Å². The van der Waals surface area contributed by atoms with Crippen molar-refractivity contribution in [3.63, 3.8) is 0 Å². The predicted molar refractivity (Wildman–Crippen MR) is 76.3 cm³/mol. The van der Waals surface area contributed by atoms with Crippen LogP contribution >= 0.6 is 11.3 Å². The van der Waals surface area contributed by atoms with Gasteiger partial charge in [0.1, 0.15) is 0 Å². The number of rotatable bonds is 5. The van der Waals surface area contributed by atoms with Crippen LogP contribution in [-0.4, -0.2) is 22.1 Å². The van der Waals surface area contributed by atoms with Gasteiger partial charge < -0.3 is 9.73 Å². The van der Waals surface area contributed by atoms with Crippen LogP contribution in [0.4, 0.5) is 0 Å². The van der Waals surface area contributed by atoms with Gasteiger partial charge in [0.05, 0.1) is 0 Å². The van der Waals surface area contributed by atoms with Gasteiger partial charge in [-0.3, -0.25) is 4.79 Å². The number of hydrogen-bond acceptors (Lipinski definition) is 5. The monoisotopic (exact) mass is 291 g/mol. The lowest BCUT2D eigenvalue weighted by atomic mass is 10.2. The molecule has 0 aliphatic heterocycles. The molecule has 1 N–H and O–H groups in total. The molecule has 0 spiro atoms. The van der Waals surface area contributed by atoms with Gasteiger partial charge in [-0.2, -0.15) is 11.3 Å². The number of amides is 1. The number of thiophene rings is 1. The van der Waals surface area contributed by atoms with E-state index < -0.39 is 0 Å². The first-order valence-corrected chi connectivity index (χ1v) is 7.90. The van der Waals surface area contributed by atoms with Crippen molar-refractivity contribution in [1.82, 2.24) is 15.5 Å². The van der Waals surface area contributed by atoms with E-state index in [1.165, 1.54) is 12.8 Å². The van der Waals surface area contributed by atoms with Crippen molar-refractivity contribution in [2.24, 2.45) is 0 Å². The maximum Gasteiger partial charge on any atom is 0.248 e. The van der Waals surface area contributed by atoms with Crippen LogP contribution in [0.5, 0.6) is 0 Å². The van der Waals surface area contributed by atoms with E-state index in [4.69, 9.17) is 4.42 Å². The highest BCUT2D eigenvalue weighted by Crippen LogP contribution is 2.21. The third-order valence-electron chi connectivity index (χ3n) is 3.52. The highest BCUT2D eigenvalue weighted by atomic mass is 32.1. The highest BCUT2D eigenvalue weighted by Gasteiger charge is 2.17. The summed E-state index contributed by atoms with van der Waals surface area (Å²) in [6, 6.07) is 2.31. The van der Waals surface area contributed by atoms with Gasteiger partial charge in [-0.1, -0.05) is 12.8 Å². The summed E-state index contributed by atoms with van der Waals surface area (Å²) in [5.74, 6) is 1.12. The van der Waals surface area contributed by atoms with Crippen LogP contribution in [0.2, 0.25) is 0 Å². The van der Waals surface area contributed by atoms with Crippen LogP contribution in [0.1, 0.15) is 38.0 Å². The Kier molecular flexibility index (Phi) is 4.11. The first kappa shape index (κ1) is 13.3. The van der Waals surface area contributed by atoms with Gasteiger partial charge in [-0.15, -0.1) is 10.2 Å². The summed E-state index contributed by atoms with van der Waals surface area (Å²) in [6.07, 6.45) is 5.55. The molecule has 0 bridgehead atoms. The minimum absolute atomic E-state index is 0.0761. The number of nitrogens with zero attached hydrogens (tertiary/aromatic N) is 2. The molecule has 3 rings (SSSR count). The molecule has 0 atom stereocenters. The normalized spacial score (nSPS) is 15.6. The van der Waals surface area contributed by atoms with Crippen molar-refractivity contribution in [2.75, 3.05) is 0 Å². The number of carbonyl (C=O) groups is 1. The Labute approximate surface area is 121 Å². The van der Waals surface area contributed by atoms with E-state index in [9.17, 15) is 4.79 Å². The van der Waals surface area contributed by atoms with Gasteiger partial charge in [0.15, 0.2) is 0 Å². The van der Waals surface area contributed by atoms with Gasteiger partial charge in [0, 0.05) is 29.8 Å². The molecule has 6 heteroatoms. The van der Waals surface area contributed by atoms with Crippen molar-refractivity contribution in [1.29, 1.82) is 0 Å². The highest BCUT2D eigenvalue weighted by molar-refractivity contribution is 7.08. The number of hydrogen-bond donors (Lipinski definition) is 1. The molecule has 0 saturated heterocycles. The van der Waals surface area contributed by atoms with Crippen LogP contribution in [0, 0.1) is 0 Å². The first-order valence-electron chi connectivity index (χ1n) is 6.95. The fourth-order valence-electron chi connectivity index (χ4n) is 2.45. The Bertz CT molecular complexity index is 559. The summed E-state index contributed by atoms with van der Waals surface area (Å²) < 4.78 is 5.55. The third-order valence-corrected chi connectivity index (χ3v) is 4.20. The van der Waals surface area contributed by atoms with E-state index in [0.29, 0.717) is 30.7 Å². The minimum atomic E-state index is 0.0761. The van der Waals surface area contributed by atoms with E-state index in [1.807, 2.05) is 16.8 Å². The van der Waals surface area contributed by atoms with Crippen LogP contribution in [0.25, 0.3) is 11.5 Å². The molecule has 1 amide bonds. The zero-order valence-corrected chi connectivity index (χ0v) is 12.0.